The predicted octanol–water partition coefficient (Wildman–Crippen LogP) is 2.89. The Morgan fingerprint density at radius 2 is 1.97 bits per heavy atom. The number of hydrogen-bond donors (Lipinski definition) is 1. The molecule has 0 saturated heterocycles. The minimum Gasteiger partial charge on any atom is -0.324 e. The van der Waals surface area contributed by atoms with Crippen LogP contribution >= 0.6 is 0 Å². The summed E-state index contributed by atoms with van der Waals surface area (Å²) < 4.78 is 14.7. The average Bonchev–Trinajstić information content (AvgIpc) is 2.72. The first-order chi connectivity index (χ1) is 14.5. The Balaban J connectivity index is 1.49. The number of nitrogens with one attached hydrogen (secondary N) is 1. The molecule has 0 saturated carbocycles. The second-order valence-corrected chi connectivity index (χ2v) is 7.48. The third-order valence-corrected chi connectivity index (χ3v) is 5.25. The molecule has 0 fully saturated rings. The molecule has 1 aliphatic rings. The fourth-order valence-corrected chi connectivity index (χ4v) is 3.77. The Labute approximate surface area is 174 Å². The number of benzene rings is 2. The van der Waals surface area contributed by atoms with E-state index < -0.39 is 11.7 Å². The van der Waals surface area contributed by atoms with E-state index in [4.69, 9.17) is 0 Å². The minimum absolute atomic E-state index is 0.158. The zero-order chi connectivity index (χ0) is 21.1. The van der Waals surface area contributed by atoms with Crippen molar-refractivity contribution in [3.8, 4) is 0 Å². The highest BCUT2D eigenvalue weighted by molar-refractivity contribution is 5.90. The van der Waals surface area contributed by atoms with Crippen molar-refractivity contribution in [2.75, 3.05) is 11.9 Å². The molecule has 0 atom stereocenters. The van der Waals surface area contributed by atoms with E-state index in [0.717, 1.165) is 18.8 Å². The first-order valence-electron chi connectivity index (χ1n) is 9.90. The maximum absolute atomic E-state index is 13.3. The molecule has 1 aliphatic heterocycles. The van der Waals surface area contributed by atoms with Crippen LogP contribution in [0, 0.1) is 12.7 Å². The summed E-state index contributed by atoms with van der Waals surface area (Å²) in [6, 6.07) is 15.9. The lowest BCUT2D eigenvalue weighted by atomic mass is 10.1. The summed E-state index contributed by atoms with van der Waals surface area (Å²) in [6.07, 6.45) is 0.597. The quantitative estimate of drug-likeness (QED) is 0.708. The number of nitrogens with zero attached hydrogens (tertiary/aromatic N) is 3. The molecule has 6 nitrogen and oxygen atoms in total. The maximum Gasteiger partial charge on any atom is 0.257 e. The number of amides is 1. The van der Waals surface area contributed by atoms with Gasteiger partial charge < -0.3 is 5.32 Å². The Kier molecular flexibility index (Phi) is 5.72. The summed E-state index contributed by atoms with van der Waals surface area (Å²) in [7, 11) is 0. The Bertz CT molecular complexity index is 1130. The van der Waals surface area contributed by atoms with E-state index in [1.165, 1.54) is 28.3 Å². The molecular weight excluding hydrogens is 383 g/mol. The van der Waals surface area contributed by atoms with Crippen LogP contribution in [0.4, 0.5) is 10.1 Å². The van der Waals surface area contributed by atoms with Crippen molar-refractivity contribution in [3.63, 3.8) is 0 Å². The molecule has 3 aromatic rings. The summed E-state index contributed by atoms with van der Waals surface area (Å²) in [6.45, 7) is 3.75. The van der Waals surface area contributed by atoms with E-state index in [9.17, 15) is 14.0 Å². The molecule has 0 radical (unpaired) electrons. The van der Waals surface area contributed by atoms with Gasteiger partial charge in [0.05, 0.1) is 5.69 Å². The number of carbonyl (C=O) groups is 1. The maximum atomic E-state index is 13.3. The topological polar surface area (TPSA) is 67.2 Å². The number of carbonyl (C=O) groups excluding carboxylic acids is 1. The Morgan fingerprint density at radius 1 is 1.17 bits per heavy atom. The van der Waals surface area contributed by atoms with E-state index in [-0.39, 0.29) is 12.1 Å². The van der Waals surface area contributed by atoms with Gasteiger partial charge in [-0.15, -0.1) is 0 Å². The zero-order valence-corrected chi connectivity index (χ0v) is 16.8. The summed E-state index contributed by atoms with van der Waals surface area (Å²) in [5.74, 6) is -0.333. The summed E-state index contributed by atoms with van der Waals surface area (Å²) in [5.41, 5.74) is 2.85. The van der Waals surface area contributed by atoms with Gasteiger partial charge in [0.25, 0.3) is 5.56 Å². The number of rotatable bonds is 5. The van der Waals surface area contributed by atoms with Crippen molar-refractivity contribution < 1.29 is 9.18 Å². The Morgan fingerprint density at radius 3 is 2.73 bits per heavy atom. The zero-order valence-electron chi connectivity index (χ0n) is 16.8. The first-order valence-corrected chi connectivity index (χ1v) is 9.90. The molecule has 2 aromatic carbocycles. The molecule has 2 heterocycles. The van der Waals surface area contributed by atoms with Gasteiger partial charge in [0.1, 0.15) is 18.2 Å². The SMILES string of the molecule is Cc1nc2c(c(=O)n1CC(=O)Nc1cccc(F)c1)CCN(Cc1ccccc1)C2. The van der Waals surface area contributed by atoms with Crippen molar-refractivity contribution >= 4 is 11.6 Å². The van der Waals surface area contributed by atoms with Gasteiger partial charge in [-0.2, -0.15) is 0 Å². The van der Waals surface area contributed by atoms with E-state index in [0.29, 0.717) is 30.0 Å². The molecular formula is C23H23FN4O2. The standard InChI is InChI=1S/C23H23FN4O2/c1-16-25-21-14-27(13-17-6-3-2-4-7-17)11-10-20(21)23(30)28(16)15-22(29)26-19-9-5-8-18(24)12-19/h2-9,12H,10-11,13-15H2,1H3,(H,26,29). The van der Waals surface area contributed by atoms with Crippen LogP contribution in [-0.4, -0.2) is 26.9 Å². The van der Waals surface area contributed by atoms with Crippen LogP contribution in [0.5, 0.6) is 0 Å². The fraction of sp³-hybridized carbons (Fsp3) is 0.261. The molecule has 0 spiro atoms. The molecule has 0 unspecified atom stereocenters. The second kappa shape index (κ2) is 8.59. The lowest BCUT2D eigenvalue weighted by Gasteiger charge is -2.28. The van der Waals surface area contributed by atoms with E-state index >= 15 is 0 Å². The highest BCUT2D eigenvalue weighted by Gasteiger charge is 2.23. The lowest BCUT2D eigenvalue weighted by molar-refractivity contribution is -0.116. The van der Waals surface area contributed by atoms with Gasteiger partial charge in [0.15, 0.2) is 0 Å². The third kappa shape index (κ3) is 4.46. The highest BCUT2D eigenvalue weighted by atomic mass is 19.1. The molecule has 30 heavy (non-hydrogen) atoms. The van der Waals surface area contributed by atoms with Gasteiger partial charge in [0.2, 0.25) is 5.91 Å². The van der Waals surface area contributed by atoms with Gasteiger partial charge in [-0.05, 0) is 37.1 Å². The summed E-state index contributed by atoms with van der Waals surface area (Å²) in [4.78, 5) is 32.3. The third-order valence-electron chi connectivity index (χ3n) is 5.25. The summed E-state index contributed by atoms with van der Waals surface area (Å²) >= 11 is 0. The summed E-state index contributed by atoms with van der Waals surface area (Å²) in [5, 5.41) is 2.63. The van der Waals surface area contributed by atoms with Crippen LogP contribution in [0.3, 0.4) is 0 Å². The van der Waals surface area contributed by atoms with Crippen LogP contribution < -0.4 is 10.9 Å². The normalized spacial score (nSPS) is 13.7. The Hall–Kier alpha value is -3.32. The largest absolute Gasteiger partial charge is 0.324 e. The highest BCUT2D eigenvalue weighted by Crippen LogP contribution is 2.17. The second-order valence-electron chi connectivity index (χ2n) is 7.48. The lowest BCUT2D eigenvalue weighted by Crippen LogP contribution is -2.39. The average molecular weight is 406 g/mol. The minimum atomic E-state index is -0.434. The molecule has 0 bridgehead atoms. The van der Waals surface area contributed by atoms with Gasteiger partial charge in [0, 0.05) is 30.9 Å². The van der Waals surface area contributed by atoms with Crippen molar-refractivity contribution in [3.05, 3.63) is 93.4 Å². The predicted molar refractivity (Wildman–Crippen MR) is 113 cm³/mol. The molecule has 1 N–H and O–H groups in total. The van der Waals surface area contributed by atoms with Crippen LogP contribution in [0.15, 0.2) is 59.4 Å². The monoisotopic (exact) mass is 406 g/mol. The van der Waals surface area contributed by atoms with Crippen LogP contribution in [0.2, 0.25) is 0 Å². The number of fused-ring (bicyclic) bond motifs is 1. The fourth-order valence-electron chi connectivity index (χ4n) is 3.77. The van der Waals surface area contributed by atoms with Crippen molar-refractivity contribution in [2.24, 2.45) is 0 Å². The van der Waals surface area contributed by atoms with Crippen molar-refractivity contribution in [2.45, 2.75) is 33.0 Å². The van der Waals surface area contributed by atoms with Crippen LogP contribution in [-0.2, 0) is 30.8 Å². The van der Waals surface area contributed by atoms with Gasteiger partial charge in [-0.1, -0.05) is 36.4 Å². The van der Waals surface area contributed by atoms with Gasteiger partial charge >= 0.3 is 0 Å². The van der Waals surface area contributed by atoms with Gasteiger partial charge in [-0.3, -0.25) is 19.1 Å². The number of aryl methyl sites for hydroxylation is 1. The smallest absolute Gasteiger partial charge is 0.257 e. The molecule has 4 rings (SSSR count). The van der Waals surface area contributed by atoms with E-state index in [2.05, 4.69) is 27.3 Å². The van der Waals surface area contributed by atoms with Crippen molar-refractivity contribution in [1.29, 1.82) is 0 Å². The molecule has 0 aliphatic carbocycles. The number of aromatic nitrogens is 2. The molecule has 7 heteroatoms. The number of hydrogen-bond acceptors (Lipinski definition) is 4. The van der Waals surface area contributed by atoms with E-state index in [1.54, 1.807) is 13.0 Å². The van der Waals surface area contributed by atoms with Crippen molar-refractivity contribution in [1.82, 2.24) is 14.5 Å². The number of halogens is 1. The van der Waals surface area contributed by atoms with Gasteiger partial charge in [-0.25, -0.2) is 9.37 Å². The van der Waals surface area contributed by atoms with Crippen LogP contribution in [0.1, 0.15) is 22.6 Å². The van der Waals surface area contributed by atoms with E-state index in [1.807, 2.05) is 18.2 Å². The van der Waals surface area contributed by atoms with Crippen LogP contribution in [0.25, 0.3) is 0 Å². The number of anilines is 1. The first kappa shape index (κ1) is 20.0. The molecule has 1 amide bonds. The molecule has 154 valence electrons. The molecule has 1 aromatic heterocycles.